The molecule has 0 aliphatic rings. The van der Waals surface area contributed by atoms with Gasteiger partial charge in [0.15, 0.2) is 0 Å². The SMILES string of the molecule is CC(C)C[C@@H](COCc1ccccc1)NS(=O)(=O)NCCCc1ccccc1. The highest BCUT2D eigenvalue weighted by Crippen LogP contribution is 2.08. The van der Waals surface area contributed by atoms with Crippen LogP contribution in [0.2, 0.25) is 0 Å². The molecule has 0 spiro atoms. The van der Waals surface area contributed by atoms with E-state index >= 15 is 0 Å². The van der Waals surface area contributed by atoms with Gasteiger partial charge in [-0.2, -0.15) is 13.1 Å². The van der Waals surface area contributed by atoms with E-state index in [1.807, 2.05) is 48.5 Å². The molecule has 28 heavy (non-hydrogen) atoms. The van der Waals surface area contributed by atoms with Crippen molar-refractivity contribution in [1.29, 1.82) is 0 Å². The summed E-state index contributed by atoms with van der Waals surface area (Å²) < 4.78 is 35.9. The molecule has 0 amide bonds. The highest BCUT2D eigenvalue weighted by molar-refractivity contribution is 7.87. The lowest BCUT2D eigenvalue weighted by Gasteiger charge is -2.21. The molecule has 0 heterocycles. The normalized spacial score (nSPS) is 13.0. The van der Waals surface area contributed by atoms with Gasteiger partial charge in [0.1, 0.15) is 0 Å². The fourth-order valence-corrected chi connectivity index (χ4v) is 4.12. The molecular formula is C22H32N2O3S. The maximum atomic E-state index is 12.4. The lowest BCUT2D eigenvalue weighted by atomic mass is 10.1. The molecular weight excluding hydrogens is 372 g/mol. The molecule has 2 aromatic rings. The molecule has 0 saturated heterocycles. The fourth-order valence-electron chi connectivity index (χ4n) is 3.02. The van der Waals surface area contributed by atoms with Crippen LogP contribution in [0.15, 0.2) is 60.7 Å². The highest BCUT2D eigenvalue weighted by Gasteiger charge is 2.18. The molecule has 0 aliphatic carbocycles. The van der Waals surface area contributed by atoms with Crippen LogP contribution < -0.4 is 9.44 Å². The van der Waals surface area contributed by atoms with Crippen LogP contribution in [0.5, 0.6) is 0 Å². The maximum Gasteiger partial charge on any atom is 0.277 e. The van der Waals surface area contributed by atoms with Crippen molar-refractivity contribution in [2.45, 2.75) is 45.8 Å². The average Bonchev–Trinajstić information content (AvgIpc) is 2.66. The molecule has 6 heteroatoms. The first-order valence-corrected chi connectivity index (χ1v) is 11.4. The summed E-state index contributed by atoms with van der Waals surface area (Å²) in [6, 6.07) is 19.7. The zero-order valence-corrected chi connectivity index (χ0v) is 17.6. The summed E-state index contributed by atoms with van der Waals surface area (Å²) in [4.78, 5) is 0. The predicted molar refractivity (Wildman–Crippen MR) is 114 cm³/mol. The number of ether oxygens (including phenoxy) is 1. The van der Waals surface area contributed by atoms with Gasteiger partial charge >= 0.3 is 0 Å². The standard InChI is InChI=1S/C22H32N2O3S/c1-19(2)16-22(18-27-17-21-12-7-4-8-13-21)24-28(25,26)23-15-9-14-20-10-5-3-6-11-20/h3-8,10-13,19,22-24H,9,14-18H2,1-2H3/t22-/m0/s1. The molecule has 2 aromatic carbocycles. The second kappa shape index (κ2) is 12.0. The second-order valence-corrected chi connectivity index (χ2v) is 8.96. The Kier molecular flexibility index (Phi) is 9.64. The molecule has 5 nitrogen and oxygen atoms in total. The van der Waals surface area contributed by atoms with Crippen molar-refractivity contribution in [3.05, 3.63) is 71.8 Å². The quantitative estimate of drug-likeness (QED) is 0.501. The van der Waals surface area contributed by atoms with Crippen molar-refractivity contribution in [3.8, 4) is 0 Å². The van der Waals surface area contributed by atoms with Crippen LogP contribution in [0, 0.1) is 5.92 Å². The van der Waals surface area contributed by atoms with Crippen LogP contribution in [-0.4, -0.2) is 27.6 Å². The minimum absolute atomic E-state index is 0.254. The molecule has 0 saturated carbocycles. The number of nitrogens with one attached hydrogen (secondary N) is 2. The summed E-state index contributed by atoms with van der Waals surface area (Å²) in [7, 11) is -3.56. The van der Waals surface area contributed by atoms with Gasteiger partial charge in [-0.3, -0.25) is 0 Å². The molecule has 2 N–H and O–H groups in total. The third kappa shape index (κ3) is 9.46. The molecule has 0 fully saturated rings. The van der Waals surface area contributed by atoms with Crippen molar-refractivity contribution < 1.29 is 13.2 Å². The monoisotopic (exact) mass is 404 g/mol. The van der Waals surface area contributed by atoms with Gasteiger partial charge in [-0.15, -0.1) is 0 Å². The number of hydrogen-bond acceptors (Lipinski definition) is 3. The number of rotatable bonds is 13. The largest absolute Gasteiger partial charge is 0.375 e. The van der Waals surface area contributed by atoms with E-state index < -0.39 is 10.2 Å². The van der Waals surface area contributed by atoms with Gasteiger partial charge in [-0.05, 0) is 36.3 Å². The van der Waals surface area contributed by atoms with Gasteiger partial charge in [0.05, 0.1) is 13.2 Å². The molecule has 0 unspecified atom stereocenters. The van der Waals surface area contributed by atoms with Gasteiger partial charge in [-0.25, -0.2) is 4.72 Å². The minimum Gasteiger partial charge on any atom is -0.375 e. The topological polar surface area (TPSA) is 67.4 Å². The molecule has 2 rings (SSSR count). The first kappa shape index (κ1) is 22.6. The third-order valence-corrected chi connectivity index (χ3v) is 5.51. The minimum atomic E-state index is -3.56. The van der Waals surface area contributed by atoms with Crippen molar-refractivity contribution in [3.63, 3.8) is 0 Å². The fraction of sp³-hybridized carbons (Fsp3) is 0.455. The van der Waals surface area contributed by atoms with Gasteiger partial charge < -0.3 is 4.74 Å². The van der Waals surface area contributed by atoms with E-state index in [1.54, 1.807) is 0 Å². The van der Waals surface area contributed by atoms with Crippen molar-refractivity contribution in [2.24, 2.45) is 5.92 Å². The lowest BCUT2D eigenvalue weighted by Crippen LogP contribution is -2.45. The number of aryl methyl sites for hydroxylation is 1. The molecule has 0 radical (unpaired) electrons. The van der Waals surface area contributed by atoms with Crippen molar-refractivity contribution in [1.82, 2.24) is 9.44 Å². The van der Waals surface area contributed by atoms with E-state index in [-0.39, 0.29) is 6.04 Å². The Morgan fingerprint density at radius 3 is 2.14 bits per heavy atom. The Hall–Kier alpha value is -1.73. The second-order valence-electron chi connectivity index (χ2n) is 7.43. The van der Waals surface area contributed by atoms with Gasteiger partial charge in [-0.1, -0.05) is 74.5 Å². The Morgan fingerprint density at radius 2 is 1.54 bits per heavy atom. The Balaban J connectivity index is 1.76. The van der Waals surface area contributed by atoms with Crippen molar-refractivity contribution in [2.75, 3.05) is 13.2 Å². The van der Waals surface area contributed by atoms with Gasteiger partial charge in [0.2, 0.25) is 0 Å². The summed E-state index contributed by atoms with van der Waals surface area (Å²) in [5.41, 5.74) is 2.29. The zero-order chi connectivity index (χ0) is 20.2. The van der Waals surface area contributed by atoms with E-state index in [1.165, 1.54) is 5.56 Å². The van der Waals surface area contributed by atoms with E-state index in [2.05, 4.69) is 35.4 Å². The van der Waals surface area contributed by atoms with E-state index in [0.29, 0.717) is 25.7 Å². The maximum absolute atomic E-state index is 12.4. The molecule has 0 aromatic heterocycles. The predicted octanol–water partition coefficient (Wildman–Crippen LogP) is 3.67. The molecule has 0 aliphatic heterocycles. The summed E-state index contributed by atoms with van der Waals surface area (Å²) in [6.07, 6.45) is 2.32. The van der Waals surface area contributed by atoms with E-state index in [4.69, 9.17) is 4.74 Å². The summed E-state index contributed by atoms with van der Waals surface area (Å²) in [5, 5.41) is 0. The highest BCUT2D eigenvalue weighted by atomic mass is 32.2. The van der Waals surface area contributed by atoms with Crippen LogP contribution in [0.3, 0.4) is 0 Å². The van der Waals surface area contributed by atoms with Crippen LogP contribution in [0.4, 0.5) is 0 Å². The molecule has 0 bridgehead atoms. The summed E-state index contributed by atoms with van der Waals surface area (Å²) in [5.74, 6) is 0.367. The Bertz CT molecular complexity index is 765. The molecule has 154 valence electrons. The first-order valence-electron chi connectivity index (χ1n) is 9.87. The molecule has 1 atom stereocenters. The smallest absolute Gasteiger partial charge is 0.277 e. The zero-order valence-electron chi connectivity index (χ0n) is 16.8. The number of hydrogen-bond donors (Lipinski definition) is 2. The van der Waals surface area contributed by atoms with E-state index in [0.717, 1.165) is 24.8 Å². The summed E-state index contributed by atoms with van der Waals surface area (Å²) in [6.45, 7) is 5.38. The van der Waals surface area contributed by atoms with Gasteiger partial charge in [0.25, 0.3) is 10.2 Å². The average molecular weight is 405 g/mol. The first-order chi connectivity index (χ1) is 13.4. The van der Waals surface area contributed by atoms with Crippen LogP contribution in [-0.2, 0) is 28.0 Å². The van der Waals surface area contributed by atoms with Crippen LogP contribution in [0.25, 0.3) is 0 Å². The third-order valence-electron chi connectivity index (χ3n) is 4.29. The van der Waals surface area contributed by atoms with Crippen molar-refractivity contribution >= 4 is 10.2 Å². The Morgan fingerprint density at radius 1 is 0.929 bits per heavy atom. The van der Waals surface area contributed by atoms with E-state index in [9.17, 15) is 8.42 Å². The Labute approximate surface area is 169 Å². The summed E-state index contributed by atoms with van der Waals surface area (Å²) >= 11 is 0. The van der Waals surface area contributed by atoms with Crippen LogP contribution in [0.1, 0.15) is 37.8 Å². The van der Waals surface area contributed by atoms with Gasteiger partial charge in [0, 0.05) is 12.6 Å². The van der Waals surface area contributed by atoms with Crippen LogP contribution >= 0.6 is 0 Å². The number of benzene rings is 2. The lowest BCUT2D eigenvalue weighted by molar-refractivity contribution is 0.0986.